The standard InChI is InChI=1S/C21H22Cl2N2O/c22-17-5-1-15(2-6-17)14-24-9-11-25(12-10-24)21(26)20-13-19(20)16-3-7-18(23)8-4-16/h1-8,19-20H,9-14H2. The number of benzene rings is 2. The minimum Gasteiger partial charge on any atom is -0.340 e. The van der Waals surface area contributed by atoms with Gasteiger partial charge < -0.3 is 4.90 Å². The molecular weight excluding hydrogens is 367 g/mol. The zero-order valence-corrected chi connectivity index (χ0v) is 16.1. The third kappa shape index (κ3) is 4.06. The van der Waals surface area contributed by atoms with Crippen molar-refractivity contribution in [2.75, 3.05) is 26.2 Å². The Bertz CT molecular complexity index is 768. The van der Waals surface area contributed by atoms with Gasteiger partial charge in [0.1, 0.15) is 0 Å². The van der Waals surface area contributed by atoms with Crippen molar-refractivity contribution in [2.45, 2.75) is 18.9 Å². The van der Waals surface area contributed by atoms with E-state index in [-0.39, 0.29) is 5.92 Å². The topological polar surface area (TPSA) is 23.6 Å². The molecular formula is C21H22Cl2N2O. The molecule has 2 aromatic rings. The molecule has 2 atom stereocenters. The molecule has 2 fully saturated rings. The minimum absolute atomic E-state index is 0.152. The van der Waals surface area contributed by atoms with Crippen molar-refractivity contribution in [1.82, 2.24) is 9.80 Å². The molecule has 2 aromatic carbocycles. The highest BCUT2D eigenvalue weighted by atomic mass is 35.5. The highest BCUT2D eigenvalue weighted by Crippen LogP contribution is 2.48. The molecule has 0 bridgehead atoms. The van der Waals surface area contributed by atoms with Gasteiger partial charge >= 0.3 is 0 Å². The number of carbonyl (C=O) groups is 1. The molecule has 1 heterocycles. The summed E-state index contributed by atoms with van der Waals surface area (Å²) in [6, 6.07) is 15.9. The maximum Gasteiger partial charge on any atom is 0.226 e. The van der Waals surface area contributed by atoms with E-state index >= 15 is 0 Å². The Labute approximate surface area is 164 Å². The summed E-state index contributed by atoms with van der Waals surface area (Å²) in [5, 5.41) is 1.51. The van der Waals surface area contributed by atoms with Crippen LogP contribution in [0.4, 0.5) is 0 Å². The van der Waals surface area contributed by atoms with Crippen LogP contribution in [-0.2, 0) is 11.3 Å². The monoisotopic (exact) mass is 388 g/mol. The van der Waals surface area contributed by atoms with Crippen molar-refractivity contribution in [2.24, 2.45) is 5.92 Å². The van der Waals surface area contributed by atoms with Gasteiger partial charge in [-0.2, -0.15) is 0 Å². The van der Waals surface area contributed by atoms with E-state index < -0.39 is 0 Å². The van der Waals surface area contributed by atoms with Crippen LogP contribution >= 0.6 is 23.2 Å². The van der Waals surface area contributed by atoms with E-state index in [2.05, 4.69) is 17.0 Å². The van der Waals surface area contributed by atoms with Gasteiger partial charge in [0.25, 0.3) is 0 Å². The van der Waals surface area contributed by atoms with Crippen LogP contribution in [0.2, 0.25) is 10.0 Å². The highest BCUT2D eigenvalue weighted by molar-refractivity contribution is 6.30. The molecule has 1 aliphatic heterocycles. The second-order valence-electron chi connectivity index (χ2n) is 7.23. The van der Waals surface area contributed by atoms with Crippen LogP contribution in [0.5, 0.6) is 0 Å². The molecule has 5 heteroatoms. The second-order valence-corrected chi connectivity index (χ2v) is 8.10. The van der Waals surface area contributed by atoms with Gasteiger partial charge in [-0.3, -0.25) is 9.69 Å². The summed E-state index contributed by atoms with van der Waals surface area (Å²) in [5.74, 6) is 0.835. The first-order valence-electron chi connectivity index (χ1n) is 9.11. The van der Waals surface area contributed by atoms with Crippen LogP contribution in [-0.4, -0.2) is 41.9 Å². The summed E-state index contributed by atoms with van der Waals surface area (Å²) in [7, 11) is 0. The predicted octanol–water partition coefficient (Wildman–Crippen LogP) is 4.44. The summed E-state index contributed by atoms with van der Waals surface area (Å²) >= 11 is 11.9. The Morgan fingerprint density at radius 2 is 1.46 bits per heavy atom. The SMILES string of the molecule is O=C(C1CC1c1ccc(Cl)cc1)N1CCN(Cc2ccc(Cl)cc2)CC1. The van der Waals surface area contributed by atoms with Crippen LogP contribution < -0.4 is 0 Å². The molecule has 3 nitrogen and oxygen atoms in total. The van der Waals surface area contributed by atoms with Gasteiger partial charge in [0, 0.05) is 48.7 Å². The number of rotatable bonds is 4. The van der Waals surface area contributed by atoms with E-state index in [1.807, 2.05) is 41.3 Å². The summed E-state index contributed by atoms with van der Waals surface area (Å²) in [4.78, 5) is 17.2. The second kappa shape index (κ2) is 7.59. The maximum atomic E-state index is 12.8. The van der Waals surface area contributed by atoms with E-state index in [0.717, 1.165) is 49.2 Å². The molecule has 1 amide bonds. The van der Waals surface area contributed by atoms with Crippen molar-refractivity contribution in [3.05, 3.63) is 69.7 Å². The fourth-order valence-corrected chi connectivity index (χ4v) is 4.01. The van der Waals surface area contributed by atoms with Crippen LogP contribution in [0.25, 0.3) is 0 Å². The molecule has 26 heavy (non-hydrogen) atoms. The maximum absolute atomic E-state index is 12.8. The number of amides is 1. The van der Waals surface area contributed by atoms with E-state index in [1.165, 1.54) is 11.1 Å². The molecule has 2 aliphatic rings. The molecule has 1 aliphatic carbocycles. The molecule has 136 valence electrons. The van der Waals surface area contributed by atoms with Gasteiger partial charge in [0.05, 0.1) is 0 Å². The molecule has 0 spiro atoms. The average molecular weight is 389 g/mol. The van der Waals surface area contributed by atoms with Crippen molar-refractivity contribution >= 4 is 29.1 Å². The molecule has 0 N–H and O–H groups in total. The lowest BCUT2D eigenvalue weighted by molar-refractivity contribution is -0.134. The van der Waals surface area contributed by atoms with Gasteiger partial charge in [-0.05, 0) is 47.7 Å². The Hall–Kier alpha value is -1.55. The number of piperazine rings is 1. The number of hydrogen-bond acceptors (Lipinski definition) is 2. The highest BCUT2D eigenvalue weighted by Gasteiger charge is 2.46. The Balaban J connectivity index is 1.27. The van der Waals surface area contributed by atoms with Crippen molar-refractivity contribution in [1.29, 1.82) is 0 Å². The first-order chi connectivity index (χ1) is 12.6. The number of nitrogens with zero attached hydrogens (tertiary/aromatic N) is 2. The Kier molecular flexibility index (Phi) is 5.21. The Morgan fingerprint density at radius 3 is 2.08 bits per heavy atom. The first kappa shape index (κ1) is 17.8. The summed E-state index contributed by atoms with van der Waals surface area (Å²) in [5.41, 5.74) is 2.49. The molecule has 1 saturated carbocycles. The molecule has 1 saturated heterocycles. The van der Waals surface area contributed by atoms with Crippen LogP contribution in [0.15, 0.2) is 48.5 Å². The average Bonchev–Trinajstić information content (AvgIpc) is 3.45. The number of carbonyl (C=O) groups excluding carboxylic acids is 1. The van der Waals surface area contributed by atoms with Gasteiger partial charge in [-0.25, -0.2) is 0 Å². The van der Waals surface area contributed by atoms with Gasteiger partial charge in [0.2, 0.25) is 5.91 Å². The van der Waals surface area contributed by atoms with E-state index in [4.69, 9.17) is 23.2 Å². The molecule has 2 unspecified atom stereocenters. The van der Waals surface area contributed by atoms with Gasteiger partial charge in [-0.1, -0.05) is 47.5 Å². The van der Waals surface area contributed by atoms with E-state index in [9.17, 15) is 4.79 Å². The quantitative estimate of drug-likeness (QED) is 0.772. The van der Waals surface area contributed by atoms with Crippen molar-refractivity contribution < 1.29 is 4.79 Å². The molecule has 4 rings (SSSR count). The normalized spacial score (nSPS) is 23.1. The summed E-state index contributed by atoms with van der Waals surface area (Å²) in [6.45, 7) is 4.39. The lowest BCUT2D eigenvalue weighted by atomic mass is 10.1. The largest absolute Gasteiger partial charge is 0.340 e. The summed E-state index contributed by atoms with van der Waals surface area (Å²) < 4.78 is 0. The summed E-state index contributed by atoms with van der Waals surface area (Å²) in [6.07, 6.45) is 0.964. The number of hydrogen-bond donors (Lipinski definition) is 0. The Morgan fingerprint density at radius 1 is 0.885 bits per heavy atom. The van der Waals surface area contributed by atoms with Crippen LogP contribution in [0.3, 0.4) is 0 Å². The fraction of sp³-hybridized carbons (Fsp3) is 0.381. The minimum atomic E-state index is 0.152. The van der Waals surface area contributed by atoms with Crippen LogP contribution in [0, 0.1) is 5.92 Å². The zero-order valence-electron chi connectivity index (χ0n) is 14.6. The van der Waals surface area contributed by atoms with E-state index in [0.29, 0.717) is 11.8 Å². The third-order valence-electron chi connectivity index (χ3n) is 5.41. The molecule has 0 radical (unpaired) electrons. The zero-order chi connectivity index (χ0) is 18.1. The van der Waals surface area contributed by atoms with Gasteiger partial charge in [-0.15, -0.1) is 0 Å². The molecule has 0 aromatic heterocycles. The first-order valence-corrected chi connectivity index (χ1v) is 9.87. The third-order valence-corrected chi connectivity index (χ3v) is 5.91. The fourth-order valence-electron chi connectivity index (χ4n) is 3.76. The van der Waals surface area contributed by atoms with Crippen molar-refractivity contribution in [3.8, 4) is 0 Å². The van der Waals surface area contributed by atoms with E-state index in [1.54, 1.807) is 0 Å². The van der Waals surface area contributed by atoms with Gasteiger partial charge in [0.15, 0.2) is 0 Å². The lowest BCUT2D eigenvalue weighted by Gasteiger charge is -2.35. The smallest absolute Gasteiger partial charge is 0.226 e. The van der Waals surface area contributed by atoms with Crippen molar-refractivity contribution in [3.63, 3.8) is 0 Å². The van der Waals surface area contributed by atoms with Crippen LogP contribution in [0.1, 0.15) is 23.5 Å². The number of halogens is 2. The predicted molar refractivity (Wildman–Crippen MR) is 106 cm³/mol. The lowest BCUT2D eigenvalue weighted by Crippen LogP contribution is -2.48.